The van der Waals surface area contributed by atoms with E-state index in [0.717, 1.165) is 5.56 Å². The average molecular weight is 602 g/mol. The Morgan fingerprint density at radius 1 is 0.911 bits per heavy atom. The topological polar surface area (TPSA) is 128 Å². The molecule has 0 saturated carbocycles. The molecule has 0 radical (unpaired) electrons. The Bertz CT molecular complexity index is 1940. The van der Waals surface area contributed by atoms with Crippen LogP contribution in [0.3, 0.4) is 0 Å². The number of para-hydroxylation sites is 2. The lowest BCUT2D eigenvalue weighted by molar-refractivity contribution is -0.384. The van der Waals surface area contributed by atoms with Crippen LogP contribution < -0.4 is 19.7 Å². The SMILES string of the molecule is COc1ccc(OC)c(C(=O)[C@H]2[C@H](C(=O)c3ccc([N+](=O)[O-])cc3)N3c4ccccc4C=C[C@@H]3[C@]23C(=O)Nc2ccccc23)c1. The second-order valence-electron chi connectivity index (χ2n) is 11.2. The standard InChI is InChI=1S/C35H27N3O7/c1-44-23-16-17-28(45-2)24(19-23)33(40)30-31(32(39)21-11-14-22(15-12-21)38(42)43)37-27-10-6-3-7-20(27)13-18-29(37)35(30)25-8-4-5-9-26(25)36-34(35)41/h3-19,29-31H,1-2H3,(H,36,41)/t29-,30-,31-,35+/m1/s1. The number of rotatable bonds is 7. The summed E-state index contributed by atoms with van der Waals surface area (Å²) in [5.41, 5.74) is 1.33. The molecule has 1 fully saturated rings. The van der Waals surface area contributed by atoms with Crippen molar-refractivity contribution < 1.29 is 28.8 Å². The number of nitrogens with zero attached hydrogens (tertiary/aromatic N) is 2. The quantitative estimate of drug-likeness (QED) is 0.168. The van der Waals surface area contributed by atoms with Crippen LogP contribution in [0.2, 0.25) is 0 Å². The van der Waals surface area contributed by atoms with Crippen LogP contribution in [-0.2, 0) is 10.2 Å². The fourth-order valence-electron chi connectivity index (χ4n) is 7.21. The van der Waals surface area contributed by atoms with Gasteiger partial charge in [-0.05, 0) is 53.6 Å². The van der Waals surface area contributed by atoms with Crippen molar-refractivity contribution in [1.82, 2.24) is 0 Å². The smallest absolute Gasteiger partial charge is 0.269 e. The van der Waals surface area contributed by atoms with E-state index in [4.69, 9.17) is 9.47 Å². The van der Waals surface area contributed by atoms with Gasteiger partial charge in [-0.1, -0.05) is 48.6 Å². The van der Waals surface area contributed by atoms with E-state index in [2.05, 4.69) is 5.32 Å². The van der Waals surface area contributed by atoms with E-state index >= 15 is 4.79 Å². The number of ketones is 2. The van der Waals surface area contributed by atoms with Gasteiger partial charge in [0.15, 0.2) is 11.6 Å². The van der Waals surface area contributed by atoms with Gasteiger partial charge in [-0.3, -0.25) is 24.5 Å². The molecule has 7 rings (SSSR count). The summed E-state index contributed by atoms with van der Waals surface area (Å²) in [5.74, 6) is -1.89. The number of ether oxygens (including phenoxy) is 2. The maximum Gasteiger partial charge on any atom is 0.269 e. The predicted molar refractivity (Wildman–Crippen MR) is 167 cm³/mol. The fourth-order valence-corrected chi connectivity index (χ4v) is 7.21. The van der Waals surface area contributed by atoms with Gasteiger partial charge in [0.05, 0.1) is 36.7 Å². The zero-order chi connectivity index (χ0) is 31.5. The highest BCUT2D eigenvalue weighted by Gasteiger charge is 2.70. The number of fused-ring (bicyclic) bond motifs is 6. The van der Waals surface area contributed by atoms with E-state index in [-0.39, 0.29) is 22.6 Å². The lowest BCUT2D eigenvalue weighted by Crippen LogP contribution is -2.51. The first-order valence-corrected chi connectivity index (χ1v) is 14.3. The van der Waals surface area contributed by atoms with Crippen LogP contribution in [0.4, 0.5) is 17.1 Å². The molecule has 45 heavy (non-hydrogen) atoms. The molecule has 0 bridgehead atoms. The fraction of sp³-hybridized carbons (Fsp3) is 0.171. The van der Waals surface area contributed by atoms with Crippen LogP contribution in [0.1, 0.15) is 31.8 Å². The van der Waals surface area contributed by atoms with E-state index in [1.807, 2.05) is 53.5 Å². The summed E-state index contributed by atoms with van der Waals surface area (Å²) < 4.78 is 11.1. The molecule has 3 aliphatic rings. The van der Waals surface area contributed by atoms with Gasteiger partial charge in [0.1, 0.15) is 23.0 Å². The van der Waals surface area contributed by atoms with Crippen LogP contribution in [0, 0.1) is 16.0 Å². The van der Waals surface area contributed by atoms with Crippen molar-refractivity contribution >= 4 is 40.6 Å². The number of Topliss-reactive ketones (excluding diaryl/α,β-unsaturated/α-hetero) is 2. The molecule has 0 aromatic heterocycles. The van der Waals surface area contributed by atoms with Crippen molar-refractivity contribution in [3.8, 4) is 11.5 Å². The summed E-state index contributed by atoms with van der Waals surface area (Å²) >= 11 is 0. The highest BCUT2D eigenvalue weighted by atomic mass is 16.6. The molecule has 0 aliphatic carbocycles. The predicted octanol–water partition coefficient (Wildman–Crippen LogP) is 5.47. The number of nitrogens with one attached hydrogen (secondary N) is 1. The first-order chi connectivity index (χ1) is 21.8. The zero-order valence-corrected chi connectivity index (χ0v) is 24.3. The number of carbonyl (C=O) groups excluding carboxylic acids is 3. The van der Waals surface area contributed by atoms with E-state index in [9.17, 15) is 19.7 Å². The van der Waals surface area contributed by atoms with Crippen LogP contribution in [0.5, 0.6) is 11.5 Å². The van der Waals surface area contributed by atoms with Gasteiger partial charge in [-0.25, -0.2) is 0 Å². The number of methoxy groups -OCH3 is 2. The minimum Gasteiger partial charge on any atom is -0.497 e. The monoisotopic (exact) mass is 601 g/mol. The third-order valence-electron chi connectivity index (χ3n) is 9.13. The van der Waals surface area contributed by atoms with Crippen molar-refractivity contribution in [2.45, 2.75) is 17.5 Å². The van der Waals surface area contributed by atoms with Crippen LogP contribution in [0.15, 0.2) is 97.1 Å². The molecule has 4 aromatic carbocycles. The largest absolute Gasteiger partial charge is 0.497 e. The van der Waals surface area contributed by atoms with Gasteiger partial charge in [0, 0.05) is 29.1 Å². The van der Waals surface area contributed by atoms with Crippen LogP contribution in [-0.4, -0.2) is 48.7 Å². The van der Waals surface area contributed by atoms with E-state index < -0.39 is 45.8 Å². The Morgan fingerprint density at radius 3 is 2.38 bits per heavy atom. The summed E-state index contributed by atoms with van der Waals surface area (Å²) in [6, 6.07) is 23.0. The summed E-state index contributed by atoms with van der Waals surface area (Å²) in [6.45, 7) is 0. The van der Waals surface area contributed by atoms with Crippen molar-refractivity contribution in [3.05, 3.63) is 129 Å². The van der Waals surface area contributed by atoms with Gasteiger partial charge in [0.25, 0.3) is 5.69 Å². The number of hydrogen-bond acceptors (Lipinski definition) is 8. The Kier molecular flexibility index (Phi) is 6.50. The van der Waals surface area contributed by atoms with Gasteiger partial charge < -0.3 is 19.7 Å². The van der Waals surface area contributed by atoms with E-state index in [1.54, 1.807) is 30.3 Å². The zero-order valence-electron chi connectivity index (χ0n) is 24.3. The Hall–Kier alpha value is -5.77. The lowest BCUT2D eigenvalue weighted by atomic mass is 9.64. The molecule has 4 aromatic rings. The molecule has 1 spiro atoms. The molecule has 3 heterocycles. The first kappa shape index (κ1) is 28.0. The highest BCUT2D eigenvalue weighted by Crippen LogP contribution is 2.58. The molecular formula is C35H27N3O7. The average Bonchev–Trinajstić information content (AvgIpc) is 3.55. The van der Waals surface area contributed by atoms with E-state index in [0.29, 0.717) is 22.7 Å². The number of hydrogen-bond donors (Lipinski definition) is 1. The molecule has 224 valence electrons. The van der Waals surface area contributed by atoms with Crippen molar-refractivity contribution in [1.29, 1.82) is 0 Å². The minimum atomic E-state index is -1.52. The number of non-ortho nitro benzene ring substituents is 1. The molecule has 4 atom stereocenters. The van der Waals surface area contributed by atoms with Gasteiger partial charge in [0.2, 0.25) is 5.91 Å². The number of nitro groups is 1. The Balaban J connectivity index is 1.53. The summed E-state index contributed by atoms with van der Waals surface area (Å²) in [4.78, 5) is 57.2. The van der Waals surface area contributed by atoms with Gasteiger partial charge >= 0.3 is 0 Å². The summed E-state index contributed by atoms with van der Waals surface area (Å²) in [7, 11) is 2.93. The number of anilines is 2. The number of carbonyl (C=O) groups is 3. The molecule has 3 aliphatic heterocycles. The molecule has 10 nitrogen and oxygen atoms in total. The molecule has 1 saturated heterocycles. The maximum atomic E-state index is 15.1. The van der Waals surface area contributed by atoms with Crippen LogP contribution in [0.25, 0.3) is 6.08 Å². The molecule has 0 unspecified atom stereocenters. The number of benzene rings is 4. The van der Waals surface area contributed by atoms with E-state index in [1.165, 1.54) is 38.5 Å². The normalized spacial score (nSPS) is 22.3. The lowest BCUT2D eigenvalue weighted by Gasteiger charge is -2.37. The Labute approximate surface area is 258 Å². The second-order valence-corrected chi connectivity index (χ2v) is 11.2. The van der Waals surface area contributed by atoms with Gasteiger partial charge in [-0.2, -0.15) is 0 Å². The van der Waals surface area contributed by atoms with Crippen LogP contribution >= 0.6 is 0 Å². The van der Waals surface area contributed by atoms with Crippen molar-refractivity contribution in [2.75, 3.05) is 24.4 Å². The van der Waals surface area contributed by atoms with Gasteiger partial charge in [-0.15, -0.1) is 0 Å². The molecule has 1 N–H and O–H groups in total. The summed E-state index contributed by atoms with van der Waals surface area (Å²) in [5, 5.41) is 14.4. The van der Waals surface area contributed by atoms with Crippen molar-refractivity contribution in [3.63, 3.8) is 0 Å². The third-order valence-corrected chi connectivity index (χ3v) is 9.13. The highest BCUT2D eigenvalue weighted by molar-refractivity contribution is 6.19. The summed E-state index contributed by atoms with van der Waals surface area (Å²) in [6.07, 6.45) is 3.80. The second kappa shape index (κ2) is 10.4. The van der Waals surface area contributed by atoms with Crippen molar-refractivity contribution in [2.24, 2.45) is 5.92 Å². The minimum absolute atomic E-state index is 0.164. The maximum absolute atomic E-state index is 15.1. The third kappa shape index (κ3) is 3.98. The molecular weight excluding hydrogens is 574 g/mol. The Morgan fingerprint density at radius 2 is 1.64 bits per heavy atom. The molecule has 10 heteroatoms. The number of amides is 1. The number of nitro benzene ring substituents is 1. The molecule has 1 amide bonds. The first-order valence-electron chi connectivity index (χ1n) is 14.3.